The quantitative estimate of drug-likeness (QED) is 0.707. The minimum Gasteiger partial charge on any atom is -0.480 e. The van der Waals surface area contributed by atoms with Crippen LogP contribution in [0.15, 0.2) is 6.07 Å². The second kappa shape index (κ2) is 3.95. The van der Waals surface area contributed by atoms with Crippen LogP contribution in [0, 0.1) is 6.92 Å². The van der Waals surface area contributed by atoms with E-state index in [9.17, 15) is 4.79 Å². The van der Waals surface area contributed by atoms with Gasteiger partial charge in [0.05, 0.1) is 19.9 Å². The summed E-state index contributed by atoms with van der Waals surface area (Å²) in [5, 5.41) is 0. The van der Waals surface area contributed by atoms with Crippen molar-refractivity contribution in [2.24, 2.45) is 0 Å². The maximum atomic E-state index is 11.2. The molecule has 0 aliphatic heterocycles. The Balaban J connectivity index is 3.22. The molecule has 0 aliphatic carbocycles. The number of rotatable bonds is 2. The summed E-state index contributed by atoms with van der Waals surface area (Å²) in [5.74, 6) is -0.267. The van der Waals surface area contributed by atoms with E-state index in [0.29, 0.717) is 5.69 Å². The summed E-state index contributed by atoms with van der Waals surface area (Å²) in [7, 11) is 2.74. The summed E-state index contributed by atoms with van der Waals surface area (Å²) in [6.07, 6.45) is 0. The predicted octanol–water partition coefficient (Wildman–Crippen LogP) is 0.767. The first-order valence-corrected chi connectivity index (χ1v) is 3.99. The van der Waals surface area contributed by atoms with Crippen molar-refractivity contribution in [2.75, 3.05) is 20.0 Å². The summed E-state index contributed by atoms with van der Waals surface area (Å²) >= 11 is 0. The van der Waals surface area contributed by atoms with Gasteiger partial charge in [-0.25, -0.2) is 9.78 Å². The highest BCUT2D eigenvalue weighted by atomic mass is 16.5. The SMILES string of the molecule is COC(=O)c1cc(C)c(N)c(OC)n1. The number of pyridine rings is 1. The minimum absolute atomic E-state index is 0.191. The zero-order valence-corrected chi connectivity index (χ0v) is 8.33. The third-order valence-electron chi connectivity index (χ3n) is 1.82. The van der Waals surface area contributed by atoms with Crippen LogP contribution in [0.4, 0.5) is 5.69 Å². The van der Waals surface area contributed by atoms with Gasteiger partial charge in [-0.05, 0) is 18.6 Å². The number of methoxy groups -OCH3 is 2. The Kier molecular flexibility index (Phi) is 2.91. The lowest BCUT2D eigenvalue weighted by Crippen LogP contribution is -2.08. The first kappa shape index (κ1) is 10.3. The van der Waals surface area contributed by atoms with Gasteiger partial charge in [0.15, 0.2) is 5.69 Å². The summed E-state index contributed by atoms with van der Waals surface area (Å²) in [4.78, 5) is 15.1. The standard InChI is InChI=1S/C9H12N2O3/c1-5-4-6(9(12)14-3)11-8(13-2)7(5)10/h4H,10H2,1-3H3. The molecular formula is C9H12N2O3. The van der Waals surface area contributed by atoms with Crippen molar-refractivity contribution in [1.82, 2.24) is 4.98 Å². The van der Waals surface area contributed by atoms with Crippen molar-refractivity contribution < 1.29 is 14.3 Å². The van der Waals surface area contributed by atoms with E-state index in [2.05, 4.69) is 9.72 Å². The number of aryl methyl sites for hydroxylation is 1. The van der Waals surface area contributed by atoms with Gasteiger partial charge in [-0.3, -0.25) is 0 Å². The first-order chi connectivity index (χ1) is 6.60. The molecule has 1 heterocycles. The Labute approximate surface area is 81.8 Å². The Morgan fingerprint density at radius 2 is 2.14 bits per heavy atom. The second-order valence-corrected chi connectivity index (χ2v) is 2.74. The third-order valence-corrected chi connectivity index (χ3v) is 1.82. The van der Waals surface area contributed by atoms with Crippen molar-refractivity contribution in [2.45, 2.75) is 6.92 Å². The lowest BCUT2D eigenvalue weighted by atomic mass is 10.2. The number of ether oxygens (including phenoxy) is 2. The highest BCUT2D eigenvalue weighted by Gasteiger charge is 2.13. The lowest BCUT2D eigenvalue weighted by molar-refractivity contribution is 0.0593. The maximum absolute atomic E-state index is 11.2. The van der Waals surface area contributed by atoms with Gasteiger partial charge in [-0.2, -0.15) is 0 Å². The molecule has 1 rings (SSSR count). The average molecular weight is 196 g/mol. The molecule has 0 saturated heterocycles. The molecule has 0 aromatic carbocycles. The van der Waals surface area contributed by atoms with Crippen molar-refractivity contribution in [3.63, 3.8) is 0 Å². The normalized spacial score (nSPS) is 9.64. The molecule has 0 fully saturated rings. The van der Waals surface area contributed by atoms with E-state index in [0.717, 1.165) is 5.56 Å². The van der Waals surface area contributed by atoms with Crippen LogP contribution in [0.5, 0.6) is 5.88 Å². The van der Waals surface area contributed by atoms with Gasteiger partial charge in [0, 0.05) is 0 Å². The van der Waals surface area contributed by atoms with Crippen LogP contribution in [0.2, 0.25) is 0 Å². The molecule has 76 valence electrons. The van der Waals surface area contributed by atoms with E-state index in [1.54, 1.807) is 13.0 Å². The van der Waals surface area contributed by atoms with E-state index in [-0.39, 0.29) is 11.6 Å². The molecule has 1 aromatic heterocycles. The molecule has 0 aliphatic rings. The van der Waals surface area contributed by atoms with Crippen LogP contribution in [0.1, 0.15) is 16.1 Å². The van der Waals surface area contributed by atoms with Gasteiger partial charge >= 0.3 is 5.97 Å². The number of hydrogen-bond acceptors (Lipinski definition) is 5. The Morgan fingerprint density at radius 3 is 2.64 bits per heavy atom. The van der Waals surface area contributed by atoms with Crippen LogP contribution >= 0.6 is 0 Å². The number of nitrogens with zero attached hydrogens (tertiary/aromatic N) is 1. The summed E-state index contributed by atoms with van der Waals surface area (Å²) in [5.41, 5.74) is 7.02. The largest absolute Gasteiger partial charge is 0.480 e. The summed E-state index contributed by atoms with van der Waals surface area (Å²) in [6, 6.07) is 1.56. The fourth-order valence-electron chi connectivity index (χ4n) is 1.02. The van der Waals surface area contributed by atoms with Crippen LogP contribution in [0.25, 0.3) is 0 Å². The van der Waals surface area contributed by atoms with Crippen molar-refractivity contribution >= 4 is 11.7 Å². The number of carbonyl (C=O) groups excluding carboxylic acids is 1. The van der Waals surface area contributed by atoms with Crippen molar-refractivity contribution in [3.8, 4) is 5.88 Å². The first-order valence-electron chi connectivity index (χ1n) is 3.99. The highest BCUT2D eigenvalue weighted by molar-refractivity contribution is 5.88. The van der Waals surface area contributed by atoms with E-state index in [1.165, 1.54) is 14.2 Å². The molecule has 0 atom stereocenters. The number of esters is 1. The van der Waals surface area contributed by atoms with Crippen LogP contribution in [-0.4, -0.2) is 25.2 Å². The molecule has 0 saturated carbocycles. The van der Waals surface area contributed by atoms with Gasteiger partial charge in [0.1, 0.15) is 0 Å². The number of carbonyl (C=O) groups is 1. The highest BCUT2D eigenvalue weighted by Crippen LogP contribution is 2.22. The van der Waals surface area contributed by atoms with Gasteiger partial charge in [0.25, 0.3) is 0 Å². The van der Waals surface area contributed by atoms with Gasteiger partial charge in [0.2, 0.25) is 5.88 Å². The Morgan fingerprint density at radius 1 is 1.50 bits per heavy atom. The van der Waals surface area contributed by atoms with Crippen molar-refractivity contribution in [1.29, 1.82) is 0 Å². The van der Waals surface area contributed by atoms with Crippen molar-refractivity contribution in [3.05, 3.63) is 17.3 Å². The molecule has 1 aromatic rings. The number of aromatic nitrogens is 1. The Bertz CT molecular complexity index is 363. The zero-order valence-electron chi connectivity index (χ0n) is 8.33. The predicted molar refractivity (Wildman–Crippen MR) is 51.3 cm³/mol. The number of anilines is 1. The third kappa shape index (κ3) is 1.76. The molecule has 2 N–H and O–H groups in total. The van der Waals surface area contributed by atoms with E-state index >= 15 is 0 Å². The molecule has 5 nitrogen and oxygen atoms in total. The number of hydrogen-bond donors (Lipinski definition) is 1. The van der Waals surface area contributed by atoms with Crippen LogP contribution in [0.3, 0.4) is 0 Å². The molecule has 14 heavy (non-hydrogen) atoms. The smallest absolute Gasteiger partial charge is 0.356 e. The Hall–Kier alpha value is -1.78. The fourth-order valence-corrected chi connectivity index (χ4v) is 1.02. The molecule has 0 radical (unpaired) electrons. The zero-order chi connectivity index (χ0) is 10.7. The monoisotopic (exact) mass is 196 g/mol. The maximum Gasteiger partial charge on any atom is 0.356 e. The average Bonchev–Trinajstić information content (AvgIpc) is 2.20. The number of nitrogens with two attached hydrogens (primary N) is 1. The molecule has 0 amide bonds. The molecular weight excluding hydrogens is 184 g/mol. The minimum atomic E-state index is -0.508. The van der Waals surface area contributed by atoms with Gasteiger partial charge in [-0.15, -0.1) is 0 Å². The second-order valence-electron chi connectivity index (χ2n) is 2.74. The van der Waals surface area contributed by atoms with E-state index in [1.807, 2.05) is 0 Å². The van der Waals surface area contributed by atoms with Crippen LogP contribution in [-0.2, 0) is 4.74 Å². The molecule has 0 spiro atoms. The van der Waals surface area contributed by atoms with E-state index < -0.39 is 5.97 Å². The summed E-state index contributed by atoms with van der Waals surface area (Å²) in [6.45, 7) is 1.77. The molecule has 0 bridgehead atoms. The topological polar surface area (TPSA) is 74.4 Å². The van der Waals surface area contributed by atoms with Gasteiger partial charge < -0.3 is 15.2 Å². The molecule has 0 unspecified atom stereocenters. The lowest BCUT2D eigenvalue weighted by Gasteiger charge is -2.07. The molecule has 5 heteroatoms. The number of nitrogen functional groups attached to an aromatic ring is 1. The van der Waals surface area contributed by atoms with Crippen LogP contribution < -0.4 is 10.5 Å². The fraction of sp³-hybridized carbons (Fsp3) is 0.333. The van der Waals surface area contributed by atoms with Gasteiger partial charge in [-0.1, -0.05) is 0 Å². The van der Waals surface area contributed by atoms with E-state index in [4.69, 9.17) is 10.5 Å². The summed E-state index contributed by atoms with van der Waals surface area (Å²) < 4.78 is 9.45.